The fraction of sp³-hybridized carbons (Fsp3) is 0.214. The van der Waals surface area contributed by atoms with Gasteiger partial charge in [0, 0.05) is 17.8 Å². The summed E-state index contributed by atoms with van der Waals surface area (Å²) in [6.07, 6.45) is 3.81. The predicted octanol–water partition coefficient (Wildman–Crippen LogP) is 5.30. The van der Waals surface area contributed by atoms with Gasteiger partial charge in [0.25, 0.3) is 5.91 Å². The zero-order valence-electron chi connectivity index (χ0n) is 18.9. The molecule has 2 aliphatic rings. The van der Waals surface area contributed by atoms with Gasteiger partial charge >= 0.3 is 5.97 Å². The van der Waals surface area contributed by atoms with Crippen LogP contribution in [0.15, 0.2) is 72.8 Å². The largest absolute Gasteiger partial charge is 0.478 e. The van der Waals surface area contributed by atoms with Crippen LogP contribution < -0.4 is 10.6 Å². The third-order valence-electron chi connectivity index (χ3n) is 6.37. The summed E-state index contributed by atoms with van der Waals surface area (Å²) in [5.41, 5.74) is 5.54. The monoisotopic (exact) mass is 453 g/mol. The van der Waals surface area contributed by atoms with Crippen LogP contribution in [0.4, 0.5) is 11.4 Å². The molecule has 6 nitrogen and oxygen atoms in total. The minimum atomic E-state index is -1.03. The number of nitrogens with one attached hydrogen (secondary N) is 2. The predicted molar refractivity (Wildman–Crippen MR) is 134 cm³/mol. The summed E-state index contributed by atoms with van der Waals surface area (Å²) in [6.45, 7) is 3.17. The quantitative estimate of drug-likeness (QED) is 0.441. The van der Waals surface area contributed by atoms with E-state index in [-0.39, 0.29) is 11.5 Å². The SMILES string of the molecule is O=C1Nc2cc(C(=O)O)ccc2/C1=C(/Nc1cccc(CN2CCCCC2)c1)c1ccccc1. The maximum Gasteiger partial charge on any atom is 0.335 e. The molecular formula is C28H27N3O3. The Morgan fingerprint density at radius 2 is 1.71 bits per heavy atom. The van der Waals surface area contributed by atoms with Crippen LogP contribution in [-0.4, -0.2) is 35.0 Å². The standard InChI is InChI=1S/C28H27N3O3/c32-27-25(23-13-12-21(28(33)34)17-24(23)30-27)26(20-9-3-1-4-10-20)29-22-11-7-8-19(16-22)18-31-14-5-2-6-15-31/h1,3-4,7-13,16-17,29H,2,5-6,14-15,18H2,(H,30,32)(H,33,34)/b26-25-. The molecule has 0 aliphatic carbocycles. The van der Waals surface area contributed by atoms with Crippen molar-refractivity contribution in [3.05, 3.63) is 95.1 Å². The molecule has 6 heteroatoms. The maximum atomic E-state index is 13.1. The Labute approximate surface area is 198 Å². The van der Waals surface area contributed by atoms with Crippen molar-refractivity contribution >= 4 is 34.5 Å². The highest BCUT2D eigenvalue weighted by Gasteiger charge is 2.29. The topological polar surface area (TPSA) is 81.7 Å². The van der Waals surface area contributed by atoms with E-state index < -0.39 is 5.97 Å². The van der Waals surface area contributed by atoms with Crippen molar-refractivity contribution < 1.29 is 14.7 Å². The fourth-order valence-electron chi connectivity index (χ4n) is 4.71. The van der Waals surface area contributed by atoms with Crippen LogP contribution in [0.5, 0.6) is 0 Å². The Kier molecular flexibility index (Phi) is 6.14. The second-order valence-corrected chi connectivity index (χ2v) is 8.80. The molecule has 0 saturated carbocycles. The Morgan fingerprint density at radius 1 is 0.912 bits per heavy atom. The molecule has 1 fully saturated rings. The van der Waals surface area contributed by atoms with Crippen LogP contribution in [0, 0.1) is 0 Å². The lowest BCUT2D eigenvalue weighted by Crippen LogP contribution is -2.29. The van der Waals surface area contributed by atoms with E-state index in [1.807, 2.05) is 42.5 Å². The number of likely N-dealkylation sites (tertiary alicyclic amines) is 1. The Balaban J connectivity index is 1.53. The average molecular weight is 454 g/mol. The number of hydrogen-bond donors (Lipinski definition) is 3. The first kappa shape index (κ1) is 21.9. The Morgan fingerprint density at radius 3 is 2.47 bits per heavy atom. The van der Waals surface area contributed by atoms with Crippen LogP contribution in [0.1, 0.15) is 46.3 Å². The summed E-state index contributed by atoms with van der Waals surface area (Å²) in [6, 6.07) is 22.8. The van der Waals surface area contributed by atoms with Crippen molar-refractivity contribution in [3.8, 4) is 0 Å². The van der Waals surface area contributed by atoms with Gasteiger partial charge in [0.15, 0.2) is 0 Å². The third kappa shape index (κ3) is 4.58. The molecule has 0 aromatic heterocycles. The number of fused-ring (bicyclic) bond motifs is 1. The number of carboxylic acid groups (broad SMARTS) is 1. The van der Waals surface area contributed by atoms with E-state index in [9.17, 15) is 14.7 Å². The number of nitrogens with zero attached hydrogens (tertiary/aromatic N) is 1. The molecular weight excluding hydrogens is 426 g/mol. The molecule has 34 heavy (non-hydrogen) atoms. The van der Waals surface area contributed by atoms with Crippen LogP contribution in [0.3, 0.4) is 0 Å². The second-order valence-electron chi connectivity index (χ2n) is 8.80. The van der Waals surface area contributed by atoms with Gasteiger partial charge in [-0.25, -0.2) is 4.79 Å². The molecule has 172 valence electrons. The van der Waals surface area contributed by atoms with Crippen molar-refractivity contribution in [1.29, 1.82) is 0 Å². The van der Waals surface area contributed by atoms with E-state index in [0.717, 1.165) is 30.9 Å². The molecule has 3 N–H and O–H groups in total. The number of rotatable bonds is 6. The minimum Gasteiger partial charge on any atom is -0.478 e. The van der Waals surface area contributed by atoms with Crippen LogP contribution in [0.25, 0.3) is 11.3 Å². The molecule has 0 atom stereocenters. The summed E-state index contributed by atoms with van der Waals surface area (Å²) in [7, 11) is 0. The van der Waals surface area contributed by atoms with Gasteiger partial charge in [-0.15, -0.1) is 0 Å². The number of carbonyl (C=O) groups is 2. The molecule has 5 rings (SSSR count). The van der Waals surface area contributed by atoms with Crippen molar-refractivity contribution in [2.75, 3.05) is 23.7 Å². The van der Waals surface area contributed by atoms with Gasteiger partial charge in [0.1, 0.15) is 0 Å². The van der Waals surface area contributed by atoms with Crippen LogP contribution >= 0.6 is 0 Å². The number of carbonyl (C=O) groups excluding carboxylic acids is 1. The molecule has 0 bridgehead atoms. The normalized spacial score (nSPS) is 17.1. The summed E-state index contributed by atoms with van der Waals surface area (Å²) in [4.78, 5) is 27.0. The lowest BCUT2D eigenvalue weighted by Gasteiger charge is -2.26. The minimum absolute atomic E-state index is 0.139. The van der Waals surface area contributed by atoms with E-state index in [4.69, 9.17) is 0 Å². The van der Waals surface area contributed by atoms with E-state index in [0.29, 0.717) is 22.5 Å². The van der Waals surface area contributed by atoms with Gasteiger partial charge in [-0.3, -0.25) is 9.69 Å². The number of benzene rings is 3. The van der Waals surface area contributed by atoms with Gasteiger partial charge < -0.3 is 15.7 Å². The zero-order chi connectivity index (χ0) is 23.5. The highest BCUT2D eigenvalue weighted by molar-refractivity contribution is 6.37. The van der Waals surface area contributed by atoms with E-state index in [1.54, 1.807) is 6.07 Å². The highest BCUT2D eigenvalue weighted by atomic mass is 16.4. The number of carboxylic acids is 1. The molecule has 1 saturated heterocycles. The molecule has 3 aromatic rings. The third-order valence-corrected chi connectivity index (χ3v) is 6.37. The lowest BCUT2D eigenvalue weighted by molar-refractivity contribution is -0.110. The Bertz CT molecular complexity index is 1260. The molecule has 3 aromatic carbocycles. The van der Waals surface area contributed by atoms with Crippen molar-refractivity contribution in [1.82, 2.24) is 4.90 Å². The lowest BCUT2D eigenvalue weighted by atomic mass is 9.99. The van der Waals surface area contributed by atoms with Crippen LogP contribution in [-0.2, 0) is 11.3 Å². The van der Waals surface area contributed by atoms with Crippen molar-refractivity contribution in [3.63, 3.8) is 0 Å². The van der Waals surface area contributed by atoms with Gasteiger partial charge in [0.05, 0.1) is 22.5 Å². The summed E-state index contributed by atoms with van der Waals surface area (Å²) >= 11 is 0. The van der Waals surface area contributed by atoms with Gasteiger partial charge in [-0.2, -0.15) is 0 Å². The molecule has 0 spiro atoms. The first-order valence-electron chi connectivity index (χ1n) is 11.7. The van der Waals surface area contributed by atoms with Crippen LogP contribution in [0.2, 0.25) is 0 Å². The number of hydrogen-bond acceptors (Lipinski definition) is 4. The van der Waals surface area contributed by atoms with E-state index in [2.05, 4.69) is 27.7 Å². The maximum absolute atomic E-state index is 13.1. The molecule has 0 radical (unpaired) electrons. The fourth-order valence-corrected chi connectivity index (χ4v) is 4.71. The first-order chi connectivity index (χ1) is 16.6. The number of aromatic carboxylic acids is 1. The molecule has 0 unspecified atom stereocenters. The average Bonchev–Trinajstić information content (AvgIpc) is 3.18. The van der Waals surface area contributed by atoms with Gasteiger partial charge in [0.2, 0.25) is 0 Å². The Hall–Kier alpha value is -3.90. The summed E-state index contributed by atoms with van der Waals surface area (Å²) in [5.74, 6) is -1.28. The second kappa shape index (κ2) is 9.53. The number of anilines is 2. The van der Waals surface area contributed by atoms with Gasteiger partial charge in [-0.05, 0) is 61.3 Å². The smallest absolute Gasteiger partial charge is 0.335 e. The molecule has 1 amide bonds. The number of piperidine rings is 1. The number of amides is 1. The highest BCUT2D eigenvalue weighted by Crippen LogP contribution is 2.38. The summed E-state index contributed by atoms with van der Waals surface area (Å²) < 4.78 is 0. The van der Waals surface area contributed by atoms with Crippen molar-refractivity contribution in [2.45, 2.75) is 25.8 Å². The van der Waals surface area contributed by atoms with Crippen molar-refractivity contribution in [2.24, 2.45) is 0 Å². The first-order valence-corrected chi connectivity index (χ1v) is 11.7. The van der Waals surface area contributed by atoms with E-state index >= 15 is 0 Å². The molecule has 2 heterocycles. The zero-order valence-corrected chi connectivity index (χ0v) is 18.9. The van der Waals surface area contributed by atoms with E-state index in [1.165, 1.54) is 37.0 Å². The molecule has 2 aliphatic heterocycles. The van der Waals surface area contributed by atoms with Gasteiger partial charge in [-0.1, -0.05) is 55.0 Å². The summed E-state index contributed by atoms with van der Waals surface area (Å²) in [5, 5.41) is 15.7.